The summed E-state index contributed by atoms with van der Waals surface area (Å²) < 4.78 is 66.7. The molecule has 4 rings (SSSR count). The topological polar surface area (TPSA) is 167 Å². The first-order valence-corrected chi connectivity index (χ1v) is 16.6. The number of sulfonamides is 1. The molecule has 15 heteroatoms. The lowest BCUT2D eigenvalue weighted by atomic mass is 10.0. The van der Waals surface area contributed by atoms with Gasteiger partial charge in [-0.15, -0.1) is 12.4 Å². The van der Waals surface area contributed by atoms with E-state index in [0.29, 0.717) is 36.9 Å². The van der Waals surface area contributed by atoms with E-state index in [2.05, 4.69) is 10.1 Å². The van der Waals surface area contributed by atoms with Gasteiger partial charge in [-0.05, 0) is 80.7 Å². The third kappa shape index (κ3) is 8.86. The predicted octanol–water partition coefficient (Wildman–Crippen LogP) is 2.80. The molecule has 2 fully saturated rings. The number of nitrogens with two attached hydrogens (primary N) is 2. The molecule has 0 bridgehead atoms. The maximum atomic E-state index is 13.7. The van der Waals surface area contributed by atoms with E-state index in [1.54, 1.807) is 13.0 Å². The molecule has 0 aliphatic carbocycles. The van der Waals surface area contributed by atoms with Gasteiger partial charge in [-0.2, -0.15) is 12.7 Å². The Balaban J connectivity index is 0.00000484. The fourth-order valence-electron chi connectivity index (χ4n) is 5.19. The van der Waals surface area contributed by atoms with Gasteiger partial charge in [-0.25, -0.2) is 8.42 Å². The molecule has 0 unspecified atom stereocenters. The van der Waals surface area contributed by atoms with Crippen LogP contribution < -0.4 is 20.4 Å². The summed E-state index contributed by atoms with van der Waals surface area (Å²) in [5.74, 6) is 0.209. The van der Waals surface area contributed by atoms with Crippen LogP contribution in [0.4, 0.5) is 0 Å². The van der Waals surface area contributed by atoms with Gasteiger partial charge in [0.15, 0.2) is 0 Å². The van der Waals surface area contributed by atoms with E-state index >= 15 is 0 Å². The van der Waals surface area contributed by atoms with Crippen LogP contribution in [0.3, 0.4) is 0 Å². The number of guanidine groups is 1. The smallest absolute Gasteiger partial charge is 0.340 e. The van der Waals surface area contributed by atoms with Crippen molar-refractivity contribution in [3.05, 3.63) is 48.0 Å². The molecule has 0 atom stereocenters. The zero-order chi connectivity index (χ0) is 29.5. The van der Waals surface area contributed by atoms with Crippen molar-refractivity contribution in [2.24, 2.45) is 16.6 Å². The Morgan fingerprint density at radius 2 is 1.55 bits per heavy atom. The molecule has 0 spiro atoms. The minimum atomic E-state index is -4.50. The van der Waals surface area contributed by atoms with Crippen molar-refractivity contribution in [3.8, 4) is 11.5 Å². The molecule has 0 amide bonds. The standard InChI is InChI=1S/C27H39N5O7S2.ClH/c1-21-18-23(37-16-7-17-38-30-27(28)29)20-24(19-21)39-41(35,36)26-9-4-3-8-25(26)40(33,34)32-14-10-22(11-15-32)31-12-5-2-6-13-31;/h3-4,8-9,18-20,22H,2,5-7,10-17H2,1H3,(H4,28,29,30);1H. The van der Waals surface area contributed by atoms with Crippen molar-refractivity contribution < 1.29 is 30.6 Å². The van der Waals surface area contributed by atoms with E-state index in [-0.39, 0.29) is 42.2 Å². The fraction of sp³-hybridized carbons (Fsp3) is 0.519. The van der Waals surface area contributed by atoms with Gasteiger partial charge in [0.1, 0.15) is 27.9 Å². The zero-order valence-electron chi connectivity index (χ0n) is 23.7. The number of ether oxygens (including phenoxy) is 1. The van der Waals surface area contributed by atoms with Crippen LogP contribution in [0.15, 0.2) is 57.4 Å². The highest BCUT2D eigenvalue weighted by Gasteiger charge is 2.36. The Bertz CT molecular complexity index is 1420. The van der Waals surface area contributed by atoms with E-state index in [0.717, 1.165) is 25.9 Å². The quantitative estimate of drug-likeness (QED) is 0.115. The highest BCUT2D eigenvalue weighted by Crippen LogP contribution is 2.31. The van der Waals surface area contributed by atoms with E-state index in [4.69, 9.17) is 25.2 Å². The van der Waals surface area contributed by atoms with Gasteiger partial charge in [-0.3, -0.25) is 0 Å². The maximum absolute atomic E-state index is 13.7. The summed E-state index contributed by atoms with van der Waals surface area (Å²) in [6.07, 6.45) is 5.50. The van der Waals surface area contributed by atoms with Crippen molar-refractivity contribution in [1.29, 1.82) is 0 Å². The van der Waals surface area contributed by atoms with Crippen molar-refractivity contribution in [1.82, 2.24) is 9.21 Å². The van der Waals surface area contributed by atoms with Gasteiger partial charge < -0.3 is 30.1 Å². The lowest BCUT2D eigenvalue weighted by molar-refractivity contribution is 0.117. The summed E-state index contributed by atoms with van der Waals surface area (Å²) in [6, 6.07) is 10.6. The summed E-state index contributed by atoms with van der Waals surface area (Å²) in [6.45, 7) is 5.03. The Morgan fingerprint density at radius 3 is 2.21 bits per heavy atom. The lowest BCUT2D eigenvalue weighted by Crippen LogP contribution is -2.48. The van der Waals surface area contributed by atoms with Gasteiger partial charge >= 0.3 is 10.1 Å². The van der Waals surface area contributed by atoms with Crippen LogP contribution in [0.1, 0.15) is 44.1 Å². The predicted molar refractivity (Wildman–Crippen MR) is 162 cm³/mol. The lowest BCUT2D eigenvalue weighted by Gasteiger charge is -2.39. The Labute approximate surface area is 254 Å². The van der Waals surface area contributed by atoms with Crippen LogP contribution in [0, 0.1) is 6.92 Å². The van der Waals surface area contributed by atoms with Crippen molar-refractivity contribution >= 4 is 38.5 Å². The number of oxime groups is 1. The molecule has 234 valence electrons. The average Bonchev–Trinajstić information content (AvgIpc) is 2.95. The van der Waals surface area contributed by atoms with E-state index in [9.17, 15) is 16.8 Å². The highest BCUT2D eigenvalue weighted by molar-refractivity contribution is 7.91. The van der Waals surface area contributed by atoms with E-state index in [1.165, 1.54) is 60.0 Å². The molecule has 2 aromatic carbocycles. The molecule has 12 nitrogen and oxygen atoms in total. The normalized spacial score (nSPS) is 17.2. The molecule has 2 saturated heterocycles. The molecule has 4 N–H and O–H groups in total. The molecule has 0 radical (unpaired) electrons. The second kappa shape index (κ2) is 15.1. The van der Waals surface area contributed by atoms with Crippen LogP contribution in [0.2, 0.25) is 0 Å². The van der Waals surface area contributed by atoms with Gasteiger partial charge in [0.2, 0.25) is 16.0 Å². The van der Waals surface area contributed by atoms with Crippen LogP contribution >= 0.6 is 12.4 Å². The summed E-state index contributed by atoms with van der Waals surface area (Å²) in [7, 11) is -8.57. The molecule has 2 aliphatic heterocycles. The minimum absolute atomic E-state index is 0. The number of hydrogen-bond donors (Lipinski definition) is 2. The van der Waals surface area contributed by atoms with Gasteiger partial charge in [0, 0.05) is 31.6 Å². The van der Waals surface area contributed by atoms with E-state index in [1.807, 2.05) is 0 Å². The molecule has 2 heterocycles. The van der Waals surface area contributed by atoms with Gasteiger partial charge in [-0.1, -0.05) is 18.6 Å². The minimum Gasteiger partial charge on any atom is -0.493 e. The Hall–Kier alpha value is -2.78. The number of halogens is 1. The third-order valence-electron chi connectivity index (χ3n) is 7.12. The van der Waals surface area contributed by atoms with Crippen LogP contribution in [0.5, 0.6) is 11.5 Å². The SMILES string of the molecule is Cc1cc(OCCCON=C(N)N)cc(OS(=O)(=O)c2ccccc2S(=O)(=O)N2CCC(N3CCCCC3)CC2)c1.Cl. The number of benzene rings is 2. The Kier molecular flexibility index (Phi) is 12.1. The molecular weight excluding hydrogens is 606 g/mol. The summed E-state index contributed by atoms with van der Waals surface area (Å²) in [5.41, 5.74) is 11.1. The number of likely N-dealkylation sites (tertiary alicyclic amines) is 1. The molecule has 42 heavy (non-hydrogen) atoms. The van der Waals surface area contributed by atoms with Crippen molar-refractivity contribution in [2.75, 3.05) is 39.4 Å². The van der Waals surface area contributed by atoms with Crippen LogP contribution in [-0.2, 0) is 25.0 Å². The second-order valence-electron chi connectivity index (χ2n) is 10.2. The summed E-state index contributed by atoms with van der Waals surface area (Å²) >= 11 is 0. The average molecular weight is 646 g/mol. The number of piperidine rings is 2. The molecule has 2 aromatic rings. The Morgan fingerprint density at radius 1 is 0.905 bits per heavy atom. The van der Waals surface area contributed by atoms with Crippen LogP contribution in [0.25, 0.3) is 0 Å². The molecule has 2 aliphatic rings. The highest BCUT2D eigenvalue weighted by atomic mass is 35.5. The first kappa shape index (κ1) is 33.7. The largest absolute Gasteiger partial charge is 0.493 e. The van der Waals surface area contributed by atoms with Gasteiger partial charge in [0.25, 0.3) is 0 Å². The zero-order valence-corrected chi connectivity index (χ0v) is 26.1. The summed E-state index contributed by atoms with van der Waals surface area (Å²) in [4.78, 5) is 6.67. The van der Waals surface area contributed by atoms with Crippen molar-refractivity contribution in [3.63, 3.8) is 0 Å². The molecular formula is C27H40ClN5O7S2. The third-order valence-corrected chi connectivity index (χ3v) is 10.5. The number of aryl methyl sites for hydroxylation is 1. The van der Waals surface area contributed by atoms with E-state index < -0.39 is 25.0 Å². The fourth-order valence-corrected chi connectivity index (χ4v) is 8.35. The monoisotopic (exact) mass is 645 g/mol. The summed E-state index contributed by atoms with van der Waals surface area (Å²) in [5, 5.41) is 3.43. The number of rotatable bonds is 12. The number of hydrogen-bond acceptors (Lipinski definition) is 9. The first-order chi connectivity index (χ1) is 19.6. The maximum Gasteiger partial charge on any atom is 0.340 e. The van der Waals surface area contributed by atoms with Gasteiger partial charge in [0.05, 0.1) is 6.61 Å². The molecule has 0 saturated carbocycles. The second-order valence-corrected chi connectivity index (χ2v) is 13.7. The number of nitrogens with zero attached hydrogens (tertiary/aromatic N) is 3. The van der Waals surface area contributed by atoms with Crippen LogP contribution in [-0.4, -0.2) is 77.4 Å². The molecule has 0 aromatic heterocycles. The first-order valence-electron chi connectivity index (χ1n) is 13.8. The van der Waals surface area contributed by atoms with Crippen molar-refractivity contribution in [2.45, 2.75) is 61.3 Å².